The fourth-order valence-corrected chi connectivity index (χ4v) is 4.84. The van der Waals surface area contributed by atoms with Crippen LogP contribution in [0.25, 0.3) is 0 Å². The summed E-state index contributed by atoms with van der Waals surface area (Å²) in [6.45, 7) is 4.98. The number of likely N-dealkylation sites (tertiary alicyclic amines) is 2. The van der Waals surface area contributed by atoms with Crippen molar-refractivity contribution >= 4 is 5.91 Å². The Bertz CT molecular complexity index is 670. The first-order valence-electron chi connectivity index (χ1n) is 9.43. The third-order valence-corrected chi connectivity index (χ3v) is 6.26. The number of hydrogen-bond acceptors (Lipinski definition) is 5. The fourth-order valence-electron chi connectivity index (χ4n) is 4.84. The molecule has 6 nitrogen and oxygen atoms in total. The molecule has 142 valence electrons. The lowest BCUT2D eigenvalue weighted by Crippen LogP contribution is -2.47. The van der Waals surface area contributed by atoms with Crippen molar-refractivity contribution in [1.29, 1.82) is 0 Å². The summed E-state index contributed by atoms with van der Waals surface area (Å²) >= 11 is 0. The Kier molecular flexibility index (Phi) is 4.80. The number of carbonyl (C=O) groups is 1. The Labute approximate surface area is 155 Å². The number of methoxy groups -OCH3 is 1. The van der Waals surface area contributed by atoms with E-state index in [-0.39, 0.29) is 12.7 Å². The number of amides is 1. The molecule has 3 heterocycles. The predicted molar refractivity (Wildman–Crippen MR) is 97.4 cm³/mol. The van der Waals surface area contributed by atoms with E-state index < -0.39 is 0 Å². The predicted octanol–water partition coefficient (Wildman–Crippen LogP) is 1.77. The first-order chi connectivity index (χ1) is 12.6. The molecule has 2 fully saturated rings. The van der Waals surface area contributed by atoms with Crippen LogP contribution in [0.15, 0.2) is 18.2 Å². The Morgan fingerprint density at radius 1 is 1.27 bits per heavy atom. The van der Waals surface area contributed by atoms with Crippen molar-refractivity contribution in [2.75, 3.05) is 53.7 Å². The van der Waals surface area contributed by atoms with Gasteiger partial charge in [0.05, 0.1) is 13.0 Å². The Morgan fingerprint density at radius 3 is 2.81 bits per heavy atom. The molecule has 2 saturated heterocycles. The minimum absolute atomic E-state index is 0.202. The highest BCUT2D eigenvalue weighted by molar-refractivity contribution is 5.79. The summed E-state index contributed by atoms with van der Waals surface area (Å²) in [5, 5.41) is 0. The first kappa shape index (κ1) is 17.6. The summed E-state index contributed by atoms with van der Waals surface area (Å²) < 4.78 is 16.2. The maximum atomic E-state index is 12.8. The van der Waals surface area contributed by atoms with Gasteiger partial charge in [0.1, 0.15) is 0 Å². The van der Waals surface area contributed by atoms with Gasteiger partial charge in [-0.3, -0.25) is 4.79 Å². The molecule has 3 aliphatic rings. The number of benzene rings is 1. The quantitative estimate of drug-likeness (QED) is 0.819. The number of piperidine rings is 1. The molecule has 4 rings (SSSR count). The van der Waals surface area contributed by atoms with Gasteiger partial charge in [0.15, 0.2) is 11.5 Å². The Morgan fingerprint density at radius 2 is 2.04 bits per heavy atom. The number of carbonyl (C=O) groups excluding carboxylic acids is 1. The molecule has 1 aromatic rings. The second-order valence-electron chi connectivity index (χ2n) is 7.96. The van der Waals surface area contributed by atoms with E-state index in [9.17, 15) is 4.79 Å². The van der Waals surface area contributed by atoms with Gasteiger partial charge in [0.2, 0.25) is 12.7 Å². The van der Waals surface area contributed by atoms with Crippen LogP contribution in [-0.2, 0) is 16.0 Å². The van der Waals surface area contributed by atoms with E-state index in [1.165, 1.54) is 0 Å². The van der Waals surface area contributed by atoms with Crippen molar-refractivity contribution in [3.8, 4) is 11.5 Å². The van der Waals surface area contributed by atoms with Crippen LogP contribution in [0.4, 0.5) is 0 Å². The summed E-state index contributed by atoms with van der Waals surface area (Å²) in [5.74, 6) is 2.27. The summed E-state index contributed by atoms with van der Waals surface area (Å²) in [6.07, 6.45) is 2.56. The zero-order valence-corrected chi connectivity index (χ0v) is 15.7. The van der Waals surface area contributed by atoms with Crippen LogP contribution in [0.1, 0.15) is 18.4 Å². The van der Waals surface area contributed by atoms with E-state index in [0.717, 1.165) is 62.7 Å². The molecule has 1 aromatic carbocycles. The SMILES string of the molecule is COCC1CN(C)CC12CCN(C(=O)Cc1ccc3c(c1)OCO3)CC2. The largest absolute Gasteiger partial charge is 0.454 e. The molecule has 26 heavy (non-hydrogen) atoms. The summed E-state index contributed by atoms with van der Waals surface area (Å²) in [6, 6.07) is 5.77. The molecule has 1 amide bonds. The van der Waals surface area contributed by atoms with Crippen molar-refractivity contribution in [3.63, 3.8) is 0 Å². The van der Waals surface area contributed by atoms with Crippen molar-refractivity contribution in [2.45, 2.75) is 19.3 Å². The van der Waals surface area contributed by atoms with Crippen LogP contribution in [0, 0.1) is 11.3 Å². The van der Waals surface area contributed by atoms with Gasteiger partial charge in [0.25, 0.3) is 0 Å². The van der Waals surface area contributed by atoms with Crippen molar-refractivity contribution in [2.24, 2.45) is 11.3 Å². The summed E-state index contributed by atoms with van der Waals surface area (Å²) in [5.41, 5.74) is 1.29. The molecule has 6 heteroatoms. The van der Waals surface area contributed by atoms with Crippen molar-refractivity contribution < 1.29 is 19.0 Å². The number of rotatable bonds is 4. The number of ether oxygens (including phenoxy) is 3. The average molecular weight is 360 g/mol. The van der Waals surface area contributed by atoms with Crippen LogP contribution in [0.3, 0.4) is 0 Å². The fraction of sp³-hybridized carbons (Fsp3) is 0.650. The second-order valence-corrected chi connectivity index (χ2v) is 7.96. The lowest BCUT2D eigenvalue weighted by molar-refractivity contribution is -0.133. The van der Waals surface area contributed by atoms with Gasteiger partial charge in [0, 0.05) is 39.2 Å². The summed E-state index contributed by atoms with van der Waals surface area (Å²) in [4.78, 5) is 17.2. The zero-order chi connectivity index (χ0) is 18.1. The number of fused-ring (bicyclic) bond motifs is 1. The molecular formula is C20H28N2O4. The molecule has 0 aromatic heterocycles. The molecule has 1 atom stereocenters. The minimum atomic E-state index is 0.202. The Hall–Kier alpha value is -1.79. The standard InChI is InChI=1S/C20H28N2O4/c1-21-11-16(12-24-2)20(13-21)5-7-22(8-6-20)19(23)10-15-3-4-17-18(9-15)26-14-25-17/h3-4,9,16H,5-8,10-14H2,1-2H3. The third kappa shape index (κ3) is 3.28. The maximum absolute atomic E-state index is 12.8. The highest BCUT2D eigenvalue weighted by atomic mass is 16.7. The van der Waals surface area contributed by atoms with Gasteiger partial charge in [-0.15, -0.1) is 0 Å². The summed E-state index contributed by atoms with van der Waals surface area (Å²) in [7, 11) is 3.98. The first-order valence-corrected chi connectivity index (χ1v) is 9.43. The number of hydrogen-bond donors (Lipinski definition) is 0. The zero-order valence-electron chi connectivity index (χ0n) is 15.7. The van der Waals surface area contributed by atoms with E-state index >= 15 is 0 Å². The molecule has 1 spiro atoms. The minimum Gasteiger partial charge on any atom is -0.454 e. The van der Waals surface area contributed by atoms with E-state index in [2.05, 4.69) is 11.9 Å². The molecule has 3 aliphatic heterocycles. The molecule has 0 N–H and O–H groups in total. The lowest BCUT2D eigenvalue weighted by atomic mass is 9.71. The van der Waals surface area contributed by atoms with E-state index in [1.54, 1.807) is 7.11 Å². The second kappa shape index (κ2) is 7.08. The van der Waals surface area contributed by atoms with Gasteiger partial charge >= 0.3 is 0 Å². The van der Waals surface area contributed by atoms with Crippen LogP contribution in [0.5, 0.6) is 11.5 Å². The van der Waals surface area contributed by atoms with Gasteiger partial charge in [-0.05, 0) is 43.0 Å². The maximum Gasteiger partial charge on any atom is 0.231 e. The van der Waals surface area contributed by atoms with Crippen molar-refractivity contribution in [3.05, 3.63) is 23.8 Å². The molecule has 1 unspecified atom stereocenters. The average Bonchev–Trinajstić information content (AvgIpc) is 3.20. The monoisotopic (exact) mass is 360 g/mol. The third-order valence-electron chi connectivity index (χ3n) is 6.26. The van der Waals surface area contributed by atoms with E-state index in [1.807, 2.05) is 23.1 Å². The highest BCUT2D eigenvalue weighted by Crippen LogP contribution is 2.44. The molecule has 0 radical (unpaired) electrons. The van der Waals surface area contributed by atoms with E-state index in [0.29, 0.717) is 17.8 Å². The highest BCUT2D eigenvalue weighted by Gasteiger charge is 2.47. The molecule has 0 aliphatic carbocycles. The lowest BCUT2D eigenvalue weighted by Gasteiger charge is -2.42. The van der Waals surface area contributed by atoms with Gasteiger partial charge in [-0.1, -0.05) is 6.07 Å². The van der Waals surface area contributed by atoms with Crippen LogP contribution < -0.4 is 9.47 Å². The van der Waals surface area contributed by atoms with Crippen molar-refractivity contribution in [1.82, 2.24) is 9.80 Å². The van der Waals surface area contributed by atoms with Crippen LogP contribution >= 0.6 is 0 Å². The Balaban J connectivity index is 1.36. The van der Waals surface area contributed by atoms with E-state index in [4.69, 9.17) is 14.2 Å². The van der Waals surface area contributed by atoms with Gasteiger partial charge in [-0.25, -0.2) is 0 Å². The topological polar surface area (TPSA) is 51.2 Å². The normalized spacial score (nSPS) is 24.4. The molecular weight excluding hydrogens is 332 g/mol. The van der Waals surface area contributed by atoms with Gasteiger partial charge < -0.3 is 24.0 Å². The number of nitrogens with zero attached hydrogens (tertiary/aromatic N) is 2. The van der Waals surface area contributed by atoms with Crippen LogP contribution in [0.2, 0.25) is 0 Å². The molecule has 0 bridgehead atoms. The smallest absolute Gasteiger partial charge is 0.231 e. The molecule has 0 saturated carbocycles. The van der Waals surface area contributed by atoms with Gasteiger partial charge in [-0.2, -0.15) is 0 Å². The van der Waals surface area contributed by atoms with Crippen LogP contribution in [-0.4, -0.2) is 69.4 Å².